The van der Waals surface area contributed by atoms with Crippen molar-refractivity contribution in [3.8, 4) is 16.3 Å². The Kier molecular flexibility index (Phi) is 15.9. The highest BCUT2D eigenvalue weighted by atomic mass is 32.1. The Hall–Kier alpha value is -2.96. The average molecular weight is 524 g/mol. The van der Waals surface area contributed by atoms with Crippen molar-refractivity contribution in [2.24, 2.45) is 4.99 Å². The summed E-state index contributed by atoms with van der Waals surface area (Å²) in [6.45, 7) is 19.2. The molecule has 0 unspecified atom stereocenters. The van der Waals surface area contributed by atoms with Crippen LogP contribution in [0.3, 0.4) is 0 Å². The highest BCUT2D eigenvalue weighted by Crippen LogP contribution is 2.32. The Labute approximate surface area is 228 Å². The van der Waals surface area contributed by atoms with Crippen LogP contribution in [0.25, 0.3) is 10.6 Å². The van der Waals surface area contributed by atoms with Crippen LogP contribution in [-0.4, -0.2) is 35.7 Å². The molecule has 1 aromatic carbocycles. The molecule has 1 heterocycles. The number of nitrogens with one attached hydrogen (secondary N) is 1. The van der Waals surface area contributed by atoms with Crippen molar-refractivity contribution in [1.82, 2.24) is 10.3 Å². The van der Waals surface area contributed by atoms with Gasteiger partial charge in [-0.3, -0.25) is 4.99 Å². The zero-order valence-electron chi connectivity index (χ0n) is 23.7. The summed E-state index contributed by atoms with van der Waals surface area (Å²) in [5.41, 5.74) is 4.98. The average Bonchev–Trinajstić information content (AvgIpc) is 3.34. The third-order valence-electron chi connectivity index (χ3n) is 5.17. The Morgan fingerprint density at radius 3 is 2.59 bits per heavy atom. The maximum atomic E-state index is 9.32. The van der Waals surface area contributed by atoms with Crippen LogP contribution in [-0.2, 0) is 0 Å². The Bertz CT molecular complexity index is 1090. The first-order chi connectivity index (χ1) is 17.9. The third kappa shape index (κ3) is 11.3. The van der Waals surface area contributed by atoms with Crippen LogP contribution < -0.4 is 10.1 Å². The number of allylic oxidation sites excluding steroid dienone is 4. The number of aryl methyl sites for hydroxylation is 1. The minimum Gasteiger partial charge on any atom is -0.491 e. The second kappa shape index (κ2) is 18.3. The Morgan fingerprint density at radius 2 is 1.97 bits per heavy atom. The predicted octanol–water partition coefficient (Wildman–Crippen LogP) is 7.94. The van der Waals surface area contributed by atoms with Crippen molar-refractivity contribution in [3.05, 3.63) is 82.6 Å². The molecule has 0 amide bonds. The molecule has 1 aromatic heterocycles. The van der Waals surface area contributed by atoms with Crippen molar-refractivity contribution < 1.29 is 9.84 Å². The summed E-state index contributed by atoms with van der Waals surface area (Å²) in [5, 5.41) is 13.6. The van der Waals surface area contributed by atoms with Crippen molar-refractivity contribution in [3.63, 3.8) is 0 Å². The van der Waals surface area contributed by atoms with Crippen LogP contribution in [0.15, 0.2) is 71.6 Å². The second-order valence-electron chi connectivity index (χ2n) is 8.34. The first-order valence-electron chi connectivity index (χ1n) is 13.2. The van der Waals surface area contributed by atoms with Crippen LogP contribution >= 0.6 is 11.3 Å². The molecule has 2 aromatic rings. The van der Waals surface area contributed by atoms with Gasteiger partial charge in [0.05, 0.1) is 13.2 Å². The van der Waals surface area contributed by atoms with Crippen LogP contribution in [0, 0.1) is 13.8 Å². The number of nitrogens with zero attached hydrogens (tertiary/aromatic N) is 2. The lowest BCUT2D eigenvalue weighted by molar-refractivity contribution is 0.200. The lowest BCUT2D eigenvalue weighted by Gasteiger charge is -2.16. The summed E-state index contributed by atoms with van der Waals surface area (Å²) in [6, 6.07) is 4.09. The number of aliphatic hydroxyl groups excluding tert-OH is 1. The zero-order chi connectivity index (χ0) is 27.6. The fourth-order valence-corrected chi connectivity index (χ4v) is 4.07. The van der Waals surface area contributed by atoms with E-state index < -0.39 is 0 Å². The molecule has 0 aliphatic heterocycles. The van der Waals surface area contributed by atoms with Crippen LogP contribution in [0.1, 0.15) is 69.9 Å². The van der Waals surface area contributed by atoms with E-state index in [1.54, 1.807) is 11.3 Å². The molecule has 0 radical (unpaired) electrons. The van der Waals surface area contributed by atoms with Crippen LogP contribution in [0.5, 0.6) is 5.75 Å². The van der Waals surface area contributed by atoms with E-state index in [-0.39, 0.29) is 13.2 Å². The number of hydrogen-bond donors (Lipinski definition) is 2. The minimum atomic E-state index is -0.0492. The zero-order valence-corrected chi connectivity index (χ0v) is 24.5. The van der Waals surface area contributed by atoms with Gasteiger partial charge in [-0.2, -0.15) is 0 Å². The molecule has 0 bridgehead atoms. The molecule has 202 valence electrons. The lowest BCUT2D eigenvalue weighted by Crippen LogP contribution is -2.21. The maximum absolute atomic E-state index is 9.32. The van der Waals surface area contributed by atoms with E-state index in [0.717, 1.165) is 57.2 Å². The van der Waals surface area contributed by atoms with E-state index in [2.05, 4.69) is 61.9 Å². The number of rotatable bonds is 13. The van der Waals surface area contributed by atoms with Gasteiger partial charge >= 0.3 is 0 Å². The smallest absolute Gasteiger partial charge is 0.133 e. The van der Waals surface area contributed by atoms with Gasteiger partial charge in [0.25, 0.3) is 0 Å². The molecule has 0 atom stereocenters. The van der Waals surface area contributed by atoms with E-state index in [1.807, 2.05) is 52.2 Å². The number of hydrogen-bond acceptors (Lipinski definition) is 5. The molecule has 2 N–H and O–H groups in total. The maximum Gasteiger partial charge on any atom is 0.133 e. The molecule has 0 fully saturated rings. The number of ether oxygens (including phenoxy) is 1. The highest BCUT2D eigenvalue weighted by Gasteiger charge is 2.16. The molecular formula is C31H45N3O2S. The normalized spacial score (nSPS) is 12.1. The van der Waals surface area contributed by atoms with Crippen LogP contribution in [0.2, 0.25) is 0 Å². The summed E-state index contributed by atoms with van der Waals surface area (Å²) in [5.74, 6) is 1.46. The second-order valence-corrected chi connectivity index (χ2v) is 9.58. The summed E-state index contributed by atoms with van der Waals surface area (Å²) in [6.07, 6.45) is 15.3. The number of amidine groups is 1. The Balaban J connectivity index is 0.00000334. The van der Waals surface area contributed by atoms with Gasteiger partial charge in [-0.05, 0) is 57.5 Å². The van der Waals surface area contributed by atoms with Gasteiger partial charge in [-0.15, -0.1) is 11.3 Å². The van der Waals surface area contributed by atoms with Gasteiger partial charge in [0.2, 0.25) is 0 Å². The number of benzene rings is 1. The summed E-state index contributed by atoms with van der Waals surface area (Å²) >= 11 is 1.64. The Morgan fingerprint density at radius 1 is 1.22 bits per heavy atom. The molecule has 6 heteroatoms. The van der Waals surface area contributed by atoms with Gasteiger partial charge < -0.3 is 15.2 Å². The number of thiazole rings is 1. The first-order valence-corrected chi connectivity index (χ1v) is 14.0. The lowest BCUT2D eigenvalue weighted by atomic mass is 10.0. The number of aliphatic hydroxyl groups is 1. The van der Waals surface area contributed by atoms with Gasteiger partial charge in [0.1, 0.15) is 23.2 Å². The molecular weight excluding hydrogens is 478 g/mol. The molecule has 0 saturated heterocycles. The molecule has 2 rings (SSSR count). The summed E-state index contributed by atoms with van der Waals surface area (Å²) in [7, 11) is 0. The molecule has 0 spiro atoms. The van der Waals surface area contributed by atoms with E-state index in [9.17, 15) is 5.11 Å². The van der Waals surface area contributed by atoms with Crippen molar-refractivity contribution in [2.45, 2.75) is 67.7 Å². The van der Waals surface area contributed by atoms with E-state index in [4.69, 9.17) is 9.73 Å². The van der Waals surface area contributed by atoms with Gasteiger partial charge in [0, 0.05) is 27.8 Å². The highest BCUT2D eigenvalue weighted by molar-refractivity contribution is 7.14. The van der Waals surface area contributed by atoms with Crippen molar-refractivity contribution >= 4 is 17.2 Å². The molecule has 0 aliphatic carbocycles. The predicted molar refractivity (Wildman–Crippen MR) is 162 cm³/mol. The van der Waals surface area contributed by atoms with Gasteiger partial charge in [-0.25, -0.2) is 4.98 Å². The largest absolute Gasteiger partial charge is 0.491 e. The monoisotopic (exact) mass is 523 g/mol. The van der Waals surface area contributed by atoms with E-state index >= 15 is 0 Å². The van der Waals surface area contributed by atoms with Crippen molar-refractivity contribution in [1.29, 1.82) is 0 Å². The number of aromatic nitrogens is 1. The van der Waals surface area contributed by atoms with Gasteiger partial charge in [-0.1, -0.05) is 70.6 Å². The standard InChI is InChI=1S/C29H39N3O2S.C2H6/c1-7-9-10-14-30-28(31-19-22(4)13-12-21(3)11-8-2)26-17-25(29-32-20-23(5)35-29)18-27(24(26)6)34-16-15-33;1-2/h10-14,17-18,20,33H,4,7-9,15-16,19H2,1-3,5-6H3,(H,30,31);1-2H3/b13-12-,14-10+,21-11+;. The molecule has 5 nitrogen and oxygen atoms in total. The quantitative estimate of drug-likeness (QED) is 0.159. The van der Waals surface area contributed by atoms with Gasteiger partial charge in [0.15, 0.2) is 0 Å². The molecule has 0 aliphatic rings. The number of unbranched alkanes of at least 4 members (excludes halogenated alkanes) is 1. The fraction of sp³-hybridized carbons (Fsp3) is 0.419. The summed E-state index contributed by atoms with van der Waals surface area (Å²) < 4.78 is 5.89. The topological polar surface area (TPSA) is 66.7 Å². The van der Waals surface area contributed by atoms with E-state index in [1.165, 1.54) is 5.57 Å². The fourth-order valence-electron chi connectivity index (χ4n) is 3.32. The SMILES string of the molecule is C=C(/C=C\C(C)=C\CC)CN=C(N/C=C/CCC)c1cc(-c2ncc(C)s2)cc(OCCO)c1C.CC. The first kappa shape index (κ1) is 32.1. The van der Waals surface area contributed by atoms with Crippen molar-refractivity contribution in [2.75, 3.05) is 19.8 Å². The summed E-state index contributed by atoms with van der Waals surface area (Å²) in [4.78, 5) is 10.6. The molecule has 37 heavy (non-hydrogen) atoms. The number of aliphatic imine (C=N–C) groups is 1. The minimum absolute atomic E-state index is 0.0492. The van der Waals surface area contributed by atoms with Crippen LogP contribution in [0.4, 0.5) is 0 Å². The van der Waals surface area contributed by atoms with E-state index in [0.29, 0.717) is 12.3 Å². The molecule has 0 saturated carbocycles. The third-order valence-corrected chi connectivity index (χ3v) is 6.14.